The van der Waals surface area contributed by atoms with Crippen molar-refractivity contribution in [2.24, 2.45) is 0 Å². The average Bonchev–Trinajstić information content (AvgIpc) is 2.81. The summed E-state index contributed by atoms with van der Waals surface area (Å²) >= 11 is 1.95. The third-order valence-electron chi connectivity index (χ3n) is 3.02. The van der Waals surface area contributed by atoms with Gasteiger partial charge in [-0.05, 0) is 59.0 Å². The summed E-state index contributed by atoms with van der Waals surface area (Å²) in [7, 11) is 0. The number of fused-ring (bicyclic) bond motifs is 1. The van der Waals surface area contributed by atoms with Crippen molar-refractivity contribution in [1.29, 1.82) is 0 Å². The van der Waals surface area contributed by atoms with Gasteiger partial charge in [-0.15, -0.1) is 0 Å². The van der Waals surface area contributed by atoms with Crippen LogP contribution in [-0.2, 0) is 0 Å². The molecular weight excluding hydrogens is 377 g/mol. The van der Waals surface area contributed by atoms with Gasteiger partial charge in [0.05, 0.1) is 0 Å². The molecule has 2 aromatic carbocycles. The quantitative estimate of drug-likeness (QED) is 0.663. The topological polar surface area (TPSA) is 33.4 Å². The van der Waals surface area contributed by atoms with Crippen LogP contribution in [0.5, 0.6) is 0 Å². The Labute approximate surface area is 127 Å². The molecule has 0 aliphatic rings. The molecule has 102 valence electrons. The molecule has 5 heteroatoms. The van der Waals surface area contributed by atoms with Gasteiger partial charge in [-0.3, -0.25) is 0 Å². The van der Waals surface area contributed by atoms with Crippen LogP contribution in [0.3, 0.4) is 0 Å². The number of benzene rings is 2. The zero-order valence-electron chi connectivity index (χ0n) is 10.1. The van der Waals surface area contributed by atoms with E-state index in [1.807, 2.05) is 22.6 Å². The van der Waals surface area contributed by atoms with Crippen molar-refractivity contribution < 1.29 is 18.3 Å². The van der Waals surface area contributed by atoms with Gasteiger partial charge in [0, 0.05) is 14.5 Å². The van der Waals surface area contributed by atoms with E-state index in [0.29, 0.717) is 25.9 Å². The van der Waals surface area contributed by atoms with Crippen molar-refractivity contribution in [3.05, 3.63) is 69.0 Å². The second-order valence-corrected chi connectivity index (χ2v) is 5.56. The molecule has 20 heavy (non-hydrogen) atoms. The van der Waals surface area contributed by atoms with E-state index < -0.39 is 6.10 Å². The van der Waals surface area contributed by atoms with E-state index in [9.17, 15) is 13.9 Å². The van der Waals surface area contributed by atoms with E-state index in [2.05, 4.69) is 0 Å². The van der Waals surface area contributed by atoms with E-state index in [4.69, 9.17) is 4.42 Å². The first-order chi connectivity index (χ1) is 9.54. The predicted molar refractivity (Wildman–Crippen MR) is 79.4 cm³/mol. The van der Waals surface area contributed by atoms with Gasteiger partial charge in [0.25, 0.3) is 0 Å². The number of furan rings is 1. The van der Waals surface area contributed by atoms with Gasteiger partial charge < -0.3 is 9.52 Å². The standard InChI is InChI=1S/C15H9F2IO2/c16-9-2-4-13-8(5-9)6-14(20-13)15(19)11-3-1-10(17)7-12(11)18/h1-7,15,19H. The van der Waals surface area contributed by atoms with E-state index in [-0.39, 0.29) is 11.6 Å². The van der Waals surface area contributed by atoms with Crippen molar-refractivity contribution in [3.8, 4) is 0 Å². The van der Waals surface area contributed by atoms with E-state index in [1.165, 1.54) is 36.4 Å². The lowest BCUT2D eigenvalue weighted by Gasteiger charge is -2.10. The van der Waals surface area contributed by atoms with Crippen LogP contribution in [0, 0.1) is 15.2 Å². The van der Waals surface area contributed by atoms with Crippen LogP contribution < -0.4 is 0 Å². The van der Waals surface area contributed by atoms with Crippen LogP contribution in [0.15, 0.2) is 46.9 Å². The summed E-state index contributed by atoms with van der Waals surface area (Å²) in [4.78, 5) is 0. The molecule has 0 fully saturated rings. The minimum absolute atomic E-state index is 0.301. The van der Waals surface area contributed by atoms with Gasteiger partial charge in [0.1, 0.15) is 29.1 Å². The molecule has 0 amide bonds. The molecule has 0 radical (unpaired) electrons. The van der Waals surface area contributed by atoms with Crippen LogP contribution in [0.2, 0.25) is 0 Å². The van der Waals surface area contributed by atoms with Gasteiger partial charge in [-0.25, -0.2) is 8.78 Å². The van der Waals surface area contributed by atoms with Crippen molar-refractivity contribution in [2.45, 2.75) is 6.10 Å². The Kier molecular flexibility index (Phi) is 3.47. The number of halogens is 3. The summed E-state index contributed by atoms with van der Waals surface area (Å²) in [5.74, 6) is -0.428. The van der Waals surface area contributed by atoms with Gasteiger partial charge >= 0.3 is 0 Å². The van der Waals surface area contributed by atoms with Crippen molar-refractivity contribution >= 4 is 33.6 Å². The maximum atomic E-state index is 13.1. The SMILES string of the molecule is OC(c1cc2cc(F)ccc2o1)c1ccc(F)cc1I. The number of rotatable bonds is 2. The summed E-state index contributed by atoms with van der Waals surface area (Å²) in [5, 5.41) is 10.9. The summed E-state index contributed by atoms with van der Waals surface area (Å²) in [6.07, 6.45) is -1.02. The van der Waals surface area contributed by atoms with Crippen molar-refractivity contribution in [2.75, 3.05) is 0 Å². The Morgan fingerprint density at radius 2 is 1.70 bits per heavy atom. The zero-order chi connectivity index (χ0) is 14.3. The molecule has 1 aromatic heterocycles. The van der Waals surface area contributed by atoms with Gasteiger partial charge in [-0.2, -0.15) is 0 Å². The highest BCUT2D eigenvalue weighted by Crippen LogP contribution is 2.31. The third kappa shape index (κ3) is 2.43. The maximum Gasteiger partial charge on any atom is 0.138 e. The molecule has 0 saturated heterocycles. The summed E-state index contributed by atoms with van der Waals surface area (Å²) in [6.45, 7) is 0. The molecule has 0 aliphatic carbocycles. The minimum atomic E-state index is -1.02. The fraction of sp³-hybridized carbons (Fsp3) is 0.0667. The van der Waals surface area contributed by atoms with E-state index >= 15 is 0 Å². The molecule has 1 heterocycles. The lowest BCUT2D eigenvalue weighted by Crippen LogP contribution is -2.01. The molecule has 1 atom stereocenters. The van der Waals surface area contributed by atoms with Crippen molar-refractivity contribution in [3.63, 3.8) is 0 Å². The first kappa shape index (κ1) is 13.5. The molecule has 0 saturated carbocycles. The van der Waals surface area contributed by atoms with Gasteiger partial charge in [0.15, 0.2) is 0 Å². The fourth-order valence-electron chi connectivity index (χ4n) is 2.05. The maximum absolute atomic E-state index is 13.1. The molecule has 0 aliphatic heterocycles. The Hall–Kier alpha value is -1.47. The molecule has 3 rings (SSSR count). The Morgan fingerprint density at radius 1 is 1.00 bits per heavy atom. The number of aliphatic hydroxyl groups is 1. The number of hydrogen-bond donors (Lipinski definition) is 1. The van der Waals surface area contributed by atoms with E-state index in [1.54, 1.807) is 6.07 Å². The van der Waals surface area contributed by atoms with Crippen LogP contribution in [0.25, 0.3) is 11.0 Å². The lowest BCUT2D eigenvalue weighted by molar-refractivity contribution is 0.191. The summed E-state index contributed by atoms with van der Waals surface area (Å²) < 4.78 is 32.3. The molecule has 1 unspecified atom stereocenters. The van der Waals surface area contributed by atoms with Gasteiger partial charge in [-0.1, -0.05) is 6.07 Å². The molecule has 2 nitrogen and oxygen atoms in total. The van der Waals surface area contributed by atoms with E-state index in [0.717, 1.165) is 0 Å². The highest BCUT2D eigenvalue weighted by atomic mass is 127. The smallest absolute Gasteiger partial charge is 0.138 e. The van der Waals surface area contributed by atoms with Crippen LogP contribution >= 0.6 is 22.6 Å². The molecule has 1 N–H and O–H groups in total. The monoisotopic (exact) mass is 386 g/mol. The molecule has 3 aromatic rings. The van der Waals surface area contributed by atoms with Gasteiger partial charge in [0.2, 0.25) is 0 Å². The average molecular weight is 386 g/mol. The largest absolute Gasteiger partial charge is 0.458 e. The molecule has 0 bridgehead atoms. The second-order valence-electron chi connectivity index (χ2n) is 4.40. The second kappa shape index (κ2) is 5.14. The highest BCUT2D eigenvalue weighted by molar-refractivity contribution is 14.1. The first-order valence-electron chi connectivity index (χ1n) is 5.86. The highest BCUT2D eigenvalue weighted by Gasteiger charge is 2.18. The predicted octanol–water partition coefficient (Wildman–Crippen LogP) is 4.40. The molecular formula is C15H9F2IO2. The van der Waals surface area contributed by atoms with Crippen LogP contribution in [0.1, 0.15) is 17.4 Å². The Balaban J connectivity index is 2.05. The number of aliphatic hydroxyl groups excluding tert-OH is 1. The molecule has 0 spiro atoms. The van der Waals surface area contributed by atoms with Crippen LogP contribution in [0.4, 0.5) is 8.78 Å². The Bertz CT molecular complexity index is 783. The normalized spacial score (nSPS) is 12.8. The fourth-order valence-corrected chi connectivity index (χ4v) is 2.82. The number of hydrogen-bond acceptors (Lipinski definition) is 2. The summed E-state index contributed by atoms with van der Waals surface area (Å²) in [5.41, 5.74) is 1.05. The zero-order valence-corrected chi connectivity index (χ0v) is 12.3. The lowest BCUT2D eigenvalue weighted by atomic mass is 10.1. The third-order valence-corrected chi connectivity index (χ3v) is 3.96. The summed E-state index contributed by atoms with van der Waals surface area (Å²) in [6, 6.07) is 9.85. The van der Waals surface area contributed by atoms with Crippen molar-refractivity contribution in [1.82, 2.24) is 0 Å². The van der Waals surface area contributed by atoms with Crippen LogP contribution in [-0.4, -0.2) is 5.11 Å². The Morgan fingerprint density at radius 3 is 2.45 bits per heavy atom. The first-order valence-corrected chi connectivity index (χ1v) is 6.94. The minimum Gasteiger partial charge on any atom is -0.458 e.